The highest BCUT2D eigenvalue weighted by Gasteiger charge is 2.24. The van der Waals surface area contributed by atoms with Crippen LogP contribution >= 0.6 is 0 Å². The minimum atomic E-state index is 1.09. The average Bonchev–Trinajstić information content (AvgIpc) is 1.74. The lowest BCUT2D eigenvalue weighted by Crippen LogP contribution is -2.10. The van der Waals surface area contributed by atoms with Crippen LogP contribution in [0.1, 0.15) is 11.1 Å². The second kappa shape index (κ2) is 20.9. The van der Waals surface area contributed by atoms with Crippen molar-refractivity contribution in [3.05, 3.63) is 327 Å². The molecule has 16 rings (SSSR count). The van der Waals surface area contributed by atoms with E-state index in [0.717, 1.165) is 56.5 Å². The van der Waals surface area contributed by atoms with Crippen LogP contribution in [-0.4, -0.2) is 9.13 Å². The van der Waals surface area contributed by atoms with Crippen molar-refractivity contribution in [2.45, 2.75) is 13.8 Å². The molecule has 0 fully saturated rings. The number of rotatable bonds is 11. The molecule has 0 amide bonds. The molecular weight excluding hydrogens is 1040 g/mol. The summed E-state index contributed by atoms with van der Waals surface area (Å²) < 4.78 is 4.92. The van der Waals surface area contributed by atoms with Gasteiger partial charge in [-0.05, 0) is 189 Å². The topological polar surface area (TPSA) is 16.3 Å². The minimum Gasteiger partial charge on any atom is -0.310 e. The van der Waals surface area contributed by atoms with Gasteiger partial charge in [-0.3, -0.25) is 0 Å². The van der Waals surface area contributed by atoms with Crippen molar-refractivity contribution in [1.82, 2.24) is 9.13 Å². The third-order valence-corrected chi connectivity index (χ3v) is 17.6. The highest BCUT2D eigenvalue weighted by molar-refractivity contribution is 6.04. The van der Waals surface area contributed by atoms with Crippen molar-refractivity contribution in [1.29, 1.82) is 0 Å². The van der Waals surface area contributed by atoms with Crippen LogP contribution in [-0.2, 0) is 0 Å². The third-order valence-electron chi connectivity index (χ3n) is 17.6. The number of fused-ring (bicyclic) bond motifs is 6. The summed E-state index contributed by atoms with van der Waals surface area (Å²) in [4.78, 5) is 4.81. The fourth-order valence-electron chi connectivity index (χ4n) is 13.5. The van der Waals surface area contributed by atoms with E-state index in [-0.39, 0.29) is 0 Å². The van der Waals surface area contributed by atoms with E-state index in [9.17, 15) is 0 Å². The Morgan fingerprint density at radius 2 is 0.581 bits per heavy atom. The van der Waals surface area contributed by atoms with Crippen LogP contribution in [0, 0.1) is 13.8 Å². The maximum absolute atomic E-state index is 2.46. The Morgan fingerprint density at radius 1 is 0.233 bits per heavy atom. The number of benzene rings is 14. The van der Waals surface area contributed by atoms with Crippen LogP contribution in [0.4, 0.5) is 34.1 Å². The number of hydrogen-bond acceptors (Lipinski definition) is 2. The Hall–Kier alpha value is -11.2. The van der Waals surface area contributed by atoms with Crippen LogP contribution in [0.3, 0.4) is 0 Å². The molecule has 0 unspecified atom stereocenters. The molecule has 4 heteroatoms. The summed E-state index contributed by atoms with van der Waals surface area (Å²) in [6.07, 6.45) is 0. The fraction of sp³-hybridized carbons (Fsp3) is 0.0244. The van der Waals surface area contributed by atoms with Gasteiger partial charge in [0.25, 0.3) is 0 Å². The lowest BCUT2D eigenvalue weighted by molar-refractivity contribution is 1.12. The summed E-state index contributed by atoms with van der Waals surface area (Å²) >= 11 is 0. The second-order valence-corrected chi connectivity index (χ2v) is 22.6. The van der Waals surface area contributed by atoms with Crippen LogP contribution in [0.5, 0.6) is 0 Å². The SMILES string of the molecule is Cc1c(-c2ccccc2)n(-c2ccc(N(c3ccc4ccccc4c3)c3cccc4ccccc34)cc2)c2ccc(-c3ccc4c(c3)c(C)c(-c3ccccc3)n4-c3ccc(N(c4ccc5ccccc5c4)c4cccc5ccccc45)cc3)cc12. The van der Waals surface area contributed by atoms with Gasteiger partial charge in [-0.15, -0.1) is 0 Å². The van der Waals surface area contributed by atoms with Crippen LogP contribution in [0.2, 0.25) is 0 Å². The van der Waals surface area contributed by atoms with Gasteiger partial charge in [0.05, 0.1) is 33.8 Å². The van der Waals surface area contributed by atoms with Crippen molar-refractivity contribution in [3.63, 3.8) is 0 Å². The predicted molar refractivity (Wildman–Crippen MR) is 365 cm³/mol. The Morgan fingerprint density at radius 3 is 1.00 bits per heavy atom. The highest BCUT2D eigenvalue weighted by Crippen LogP contribution is 2.46. The summed E-state index contributed by atoms with van der Waals surface area (Å²) in [5.74, 6) is 0. The zero-order chi connectivity index (χ0) is 57.2. The Labute approximate surface area is 500 Å². The van der Waals surface area contributed by atoms with Crippen LogP contribution < -0.4 is 9.80 Å². The molecule has 0 atom stereocenters. The van der Waals surface area contributed by atoms with E-state index >= 15 is 0 Å². The maximum Gasteiger partial charge on any atom is 0.0570 e. The van der Waals surface area contributed by atoms with E-state index in [1.54, 1.807) is 0 Å². The smallest absolute Gasteiger partial charge is 0.0570 e. The molecule has 16 aromatic rings. The average molecular weight is 1100 g/mol. The fourth-order valence-corrected chi connectivity index (χ4v) is 13.5. The van der Waals surface area contributed by atoms with E-state index in [0.29, 0.717) is 0 Å². The molecule has 0 spiro atoms. The Balaban J connectivity index is 0.799. The molecule has 2 heterocycles. The zero-order valence-corrected chi connectivity index (χ0v) is 47.8. The molecule has 406 valence electrons. The number of nitrogens with zero attached hydrogens (tertiary/aromatic N) is 4. The molecule has 86 heavy (non-hydrogen) atoms. The van der Waals surface area contributed by atoms with E-state index < -0.39 is 0 Å². The normalized spacial score (nSPS) is 11.6. The van der Waals surface area contributed by atoms with E-state index in [1.807, 2.05) is 0 Å². The maximum atomic E-state index is 2.46. The first-order valence-corrected chi connectivity index (χ1v) is 29.6. The summed E-state index contributed by atoms with van der Waals surface area (Å²) in [5.41, 5.74) is 20.8. The van der Waals surface area contributed by atoms with Crippen molar-refractivity contribution < 1.29 is 0 Å². The van der Waals surface area contributed by atoms with Crippen LogP contribution in [0.15, 0.2) is 315 Å². The molecular formula is C82H58N4. The van der Waals surface area contributed by atoms with Crippen molar-refractivity contribution in [2.75, 3.05) is 9.80 Å². The van der Waals surface area contributed by atoms with Gasteiger partial charge in [0, 0.05) is 55.7 Å². The van der Waals surface area contributed by atoms with Crippen LogP contribution in [0.25, 0.3) is 110 Å². The quantitative estimate of drug-likeness (QED) is 0.128. The van der Waals surface area contributed by atoms with Crippen molar-refractivity contribution >= 4 is 99.0 Å². The summed E-state index contributed by atoms with van der Waals surface area (Å²) in [6.45, 7) is 4.57. The Bertz CT molecular complexity index is 4910. The summed E-state index contributed by atoms with van der Waals surface area (Å²) in [5, 5.41) is 12.1. The summed E-state index contributed by atoms with van der Waals surface area (Å²) in [6, 6.07) is 115. The minimum absolute atomic E-state index is 1.09. The van der Waals surface area contributed by atoms with Gasteiger partial charge in [-0.1, -0.05) is 206 Å². The van der Waals surface area contributed by atoms with E-state index in [2.05, 4.69) is 348 Å². The molecule has 0 saturated carbocycles. The molecule has 0 saturated heterocycles. The zero-order valence-electron chi connectivity index (χ0n) is 47.8. The monoisotopic (exact) mass is 1100 g/mol. The first-order chi connectivity index (χ1) is 42.5. The number of aromatic nitrogens is 2. The molecule has 0 aliphatic rings. The standard InChI is InChI=1S/C82H58N4/c1-55-75-53-65(37-49-79(75)85(81(55)61-23-5-3-6-24-61)69-45-41-67(42-46-69)83(71-39-35-57-19-9-11-27-63(57)51-71)77-33-17-29-59-21-13-15-31-73(59)77)66-38-50-80-76(54-66)56(2)82(62-25-7-4-8-26-62)86(80)70-47-43-68(44-48-70)84(72-40-36-58-20-10-12-28-64(58)52-72)78-34-18-30-60-22-14-16-32-74(60)78/h3-54H,1-2H3. The number of anilines is 6. The van der Waals surface area contributed by atoms with Crippen molar-refractivity contribution in [3.8, 4) is 45.0 Å². The van der Waals surface area contributed by atoms with E-state index in [1.165, 1.54) is 98.6 Å². The number of aryl methyl sites for hydroxylation is 2. The van der Waals surface area contributed by atoms with Gasteiger partial charge >= 0.3 is 0 Å². The number of hydrogen-bond donors (Lipinski definition) is 0. The second-order valence-electron chi connectivity index (χ2n) is 22.6. The first kappa shape index (κ1) is 50.5. The van der Waals surface area contributed by atoms with Gasteiger partial charge in [-0.2, -0.15) is 0 Å². The molecule has 0 aliphatic carbocycles. The molecule has 0 radical (unpaired) electrons. The van der Waals surface area contributed by atoms with Gasteiger partial charge < -0.3 is 18.9 Å². The molecule has 0 N–H and O–H groups in total. The molecule has 0 bridgehead atoms. The summed E-state index contributed by atoms with van der Waals surface area (Å²) in [7, 11) is 0. The van der Waals surface area contributed by atoms with E-state index in [4.69, 9.17) is 0 Å². The third kappa shape index (κ3) is 8.61. The van der Waals surface area contributed by atoms with Gasteiger partial charge in [0.15, 0.2) is 0 Å². The molecule has 14 aromatic carbocycles. The first-order valence-electron chi connectivity index (χ1n) is 29.6. The van der Waals surface area contributed by atoms with Crippen molar-refractivity contribution in [2.24, 2.45) is 0 Å². The predicted octanol–water partition coefficient (Wildman–Crippen LogP) is 22.7. The van der Waals surface area contributed by atoms with Gasteiger partial charge in [0.1, 0.15) is 0 Å². The van der Waals surface area contributed by atoms with Gasteiger partial charge in [0.2, 0.25) is 0 Å². The molecule has 4 nitrogen and oxygen atoms in total. The van der Waals surface area contributed by atoms with Gasteiger partial charge in [-0.25, -0.2) is 0 Å². The largest absolute Gasteiger partial charge is 0.310 e. The highest BCUT2D eigenvalue weighted by atomic mass is 15.2. The lowest BCUT2D eigenvalue weighted by atomic mass is 9.99. The molecule has 0 aliphatic heterocycles. The Kier molecular flexibility index (Phi) is 12.3. The molecule has 2 aromatic heterocycles. The lowest BCUT2D eigenvalue weighted by Gasteiger charge is -2.27.